The molecule has 1 rings (SSSR count). The highest BCUT2D eigenvalue weighted by Crippen LogP contribution is 2.26. The minimum Gasteiger partial charge on any atom is -0.324 e. The predicted octanol–water partition coefficient (Wildman–Crippen LogP) is 4.09. The molecule has 0 saturated heterocycles. The van der Waals surface area contributed by atoms with Gasteiger partial charge in [0, 0.05) is 16.6 Å². The molecule has 1 aromatic carbocycles. The Morgan fingerprint density at radius 3 is 2.06 bits per heavy atom. The minimum absolute atomic E-state index is 0. The molecule has 0 bridgehead atoms. The number of benzene rings is 1. The number of halogens is 4. The van der Waals surface area contributed by atoms with E-state index >= 15 is 0 Å². The summed E-state index contributed by atoms with van der Waals surface area (Å²) >= 11 is 5.51. The van der Waals surface area contributed by atoms with Gasteiger partial charge in [0.2, 0.25) is 0 Å². The van der Waals surface area contributed by atoms with E-state index in [1.807, 2.05) is 13.8 Å². The predicted molar refractivity (Wildman–Crippen MR) is 65.0 cm³/mol. The summed E-state index contributed by atoms with van der Waals surface area (Å²) in [5.41, 5.74) is 5.65. The standard InChI is InChI=1S/C11H14ClF2N.ClH/c1-6(2)3-10(15)11-8(13)4-7(12)5-9(11)14;/h4-6,10H,3,15H2,1-2H3;1H/t10-;/m0./s1. The molecule has 0 saturated carbocycles. The van der Waals surface area contributed by atoms with E-state index < -0.39 is 17.7 Å². The highest BCUT2D eigenvalue weighted by molar-refractivity contribution is 6.30. The summed E-state index contributed by atoms with van der Waals surface area (Å²) in [6.07, 6.45) is 0.537. The normalized spacial score (nSPS) is 12.4. The first kappa shape index (κ1) is 15.6. The summed E-state index contributed by atoms with van der Waals surface area (Å²) in [5, 5.41) is 0.0468. The van der Waals surface area contributed by atoms with Gasteiger partial charge in [-0.2, -0.15) is 0 Å². The van der Waals surface area contributed by atoms with Gasteiger partial charge in [0.1, 0.15) is 11.6 Å². The molecule has 92 valence electrons. The fourth-order valence-electron chi connectivity index (χ4n) is 1.53. The third-order valence-electron chi connectivity index (χ3n) is 2.14. The Labute approximate surface area is 105 Å². The fraction of sp³-hybridized carbons (Fsp3) is 0.455. The lowest BCUT2D eigenvalue weighted by Crippen LogP contribution is -2.16. The number of nitrogens with two attached hydrogens (primary N) is 1. The van der Waals surface area contributed by atoms with Crippen LogP contribution in [-0.4, -0.2) is 0 Å². The highest BCUT2D eigenvalue weighted by Gasteiger charge is 2.18. The number of rotatable bonds is 3. The summed E-state index contributed by atoms with van der Waals surface area (Å²) in [6, 6.07) is 1.54. The summed E-state index contributed by atoms with van der Waals surface area (Å²) in [4.78, 5) is 0. The van der Waals surface area contributed by atoms with E-state index in [1.165, 1.54) is 0 Å². The Morgan fingerprint density at radius 1 is 1.25 bits per heavy atom. The van der Waals surface area contributed by atoms with Gasteiger partial charge in [-0.05, 0) is 24.5 Å². The van der Waals surface area contributed by atoms with Crippen molar-refractivity contribution < 1.29 is 8.78 Å². The van der Waals surface area contributed by atoms with E-state index in [0.717, 1.165) is 12.1 Å². The number of hydrogen-bond donors (Lipinski definition) is 1. The molecule has 1 aromatic rings. The quantitative estimate of drug-likeness (QED) is 0.879. The molecule has 0 fully saturated rings. The molecular formula is C11H15Cl2F2N. The molecule has 1 atom stereocenters. The fourth-order valence-corrected chi connectivity index (χ4v) is 1.72. The van der Waals surface area contributed by atoms with E-state index in [0.29, 0.717) is 6.42 Å². The average molecular weight is 270 g/mol. The Morgan fingerprint density at radius 2 is 1.69 bits per heavy atom. The van der Waals surface area contributed by atoms with Gasteiger partial charge in [-0.1, -0.05) is 25.4 Å². The van der Waals surface area contributed by atoms with Crippen LogP contribution in [-0.2, 0) is 0 Å². The second-order valence-corrected chi connectivity index (χ2v) is 4.46. The first-order valence-electron chi connectivity index (χ1n) is 4.81. The van der Waals surface area contributed by atoms with Crippen LogP contribution in [0.2, 0.25) is 5.02 Å². The lowest BCUT2D eigenvalue weighted by Gasteiger charge is -2.16. The van der Waals surface area contributed by atoms with E-state index in [-0.39, 0.29) is 28.9 Å². The van der Waals surface area contributed by atoms with Crippen molar-refractivity contribution in [3.63, 3.8) is 0 Å². The molecule has 5 heteroatoms. The van der Waals surface area contributed by atoms with E-state index in [4.69, 9.17) is 17.3 Å². The van der Waals surface area contributed by atoms with Gasteiger partial charge in [0.25, 0.3) is 0 Å². The maximum absolute atomic E-state index is 13.4. The smallest absolute Gasteiger partial charge is 0.132 e. The van der Waals surface area contributed by atoms with Crippen molar-refractivity contribution in [2.45, 2.75) is 26.3 Å². The van der Waals surface area contributed by atoms with Gasteiger partial charge in [-0.25, -0.2) is 8.78 Å². The molecule has 0 spiro atoms. The molecule has 0 aliphatic rings. The van der Waals surface area contributed by atoms with Crippen LogP contribution in [0.5, 0.6) is 0 Å². The number of hydrogen-bond acceptors (Lipinski definition) is 1. The molecule has 0 aromatic heterocycles. The lowest BCUT2D eigenvalue weighted by atomic mass is 9.97. The third-order valence-corrected chi connectivity index (χ3v) is 2.36. The Kier molecular flexibility index (Phi) is 6.23. The van der Waals surface area contributed by atoms with Gasteiger partial charge in [-0.3, -0.25) is 0 Å². The topological polar surface area (TPSA) is 26.0 Å². The molecule has 2 N–H and O–H groups in total. The van der Waals surface area contributed by atoms with Gasteiger partial charge in [-0.15, -0.1) is 12.4 Å². The molecule has 0 aliphatic carbocycles. The molecule has 0 aliphatic heterocycles. The Bertz CT molecular complexity index is 333. The molecule has 0 unspecified atom stereocenters. The van der Waals surface area contributed by atoms with Crippen molar-refractivity contribution in [3.8, 4) is 0 Å². The third kappa shape index (κ3) is 3.89. The first-order chi connectivity index (χ1) is 6.91. The van der Waals surface area contributed by atoms with Crippen molar-refractivity contribution in [3.05, 3.63) is 34.4 Å². The van der Waals surface area contributed by atoms with Gasteiger partial charge < -0.3 is 5.73 Å². The molecule has 0 amide bonds. The van der Waals surface area contributed by atoms with Crippen molar-refractivity contribution in [2.75, 3.05) is 0 Å². The lowest BCUT2D eigenvalue weighted by molar-refractivity contribution is 0.463. The second kappa shape index (κ2) is 6.38. The summed E-state index contributed by atoms with van der Waals surface area (Å²) in [7, 11) is 0. The highest BCUT2D eigenvalue weighted by atomic mass is 35.5. The van der Waals surface area contributed by atoms with E-state index in [2.05, 4.69) is 0 Å². The minimum atomic E-state index is -0.673. The Balaban J connectivity index is 0.00000225. The summed E-state index contributed by atoms with van der Waals surface area (Å²) < 4.78 is 26.8. The van der Waals surface area contributed by atoms with Crippen LogP contribution in [0, 0.1) is 17.6 Å². The van der Waals surface area contributed by atoms with Crippen LogP contribution in [0.15, 0.2) is 12.1 Å². The van der Waals surface area contributed by atoms with Crippen LogP contribution in [0.4, 0.5) is 8.78 Å². The van der Waals surface area contributed by atoms with Crippen molar-refractivity contribution in [1.82, 2.24) is 0 Å². The average Bonchev–Trinajstić information content (AvgIpc) is 1.99. The largest absolute Gasteiger partial charge is 0.324 e. The van der Waals surface area contributed by atoms with Crippen LogP contribution in [0.3, 0.4) is 0 Å². The zero-order valence-electron chi connectivity index (χ0n) is 9.14. The van der Waals surface area contributed by atoms with Crippen molar-refractivity contribution in [1.29, 1.82) is 0 Å². The van der Waals surface area contributed by atoms with Crippen molar-refractivity contribution in [2.24, 2.45) is 11.7 Å². The van der Waals surface area contributed by atoms with E-state index in [1.54, 1.807) is 0 Å². The molecule has 16 heavy (non-hydrogen) atoms. The maximum atomic E-state index is 13.4. The maximum Gasteiger partial charge on any atom is 0.132 e. The van der Waals surface area contributed by atoms with Gasteiger partial charge >= 0.3 is 0 Å². The molecular weight excluding hydrogens is 255 g/mol. The van der Waals surface area contributed by atoms with Crippen LogP contribution >= 0.6 is 24.0 Å². The van der Waals surface area contributed by atoms with E-state index in [9.17, 15) is 8.78 Å². The van der Waals surface area contributed by atoms with Gasteiger partial charge in [0.05, 0.1) is 0 Å². The first-order valence-corrected chi connectivity index (χ1v) is 5.19. The second-order valence-electron chi connectivity index (χ2n) is 4.02. The SMILES string of the molecule is CC(C)C[C@H](N)c1c(F)cc(Cl)cc1F.Cl. The molecule has 1 nitrogen and oxygen atoms in total. The summed E-state index contributed by atoms with van der Waals surface area (Å²) in [5.74, 6) is -1.06. The van der Waals surface area contributed by atoms with Gasteiger partial charge in [0.15, 0.2) is 0 Å². The summed E-state index contributed by atoms with van der Waals surface area (Å²) in [6.45, 7) is 3.90. The molecule has 0 heterocycles. The van der Waals surface area contributed by atoms with Crippen molar-refractivity contribution >= 4 is 24.0 Å². The van der Waals surface area contributed by atoms with Crippen LogP contribution < -0.4 is 5.73 Å². The van der Waals surface area contributed by atoms with Crippen LogP contribution in [0.1, 0.15) is 31.9 Å². The zero-order valence-corrected chi connectivity index (χ0v) is 10.7. The Hall–Kier alpha value is -0.380. The molecule has 0 radical (unpaired) electrons. The monoisotopic (exact) mass is 269 g/mol. The zero-order chi connectivity index (χ0) is 11.6. The van der Waals surface area contributed by atoms with Crippen LogP contribution in [0.25, 0.3) is 0 Å².